The summed E-state index contributed by atoms with van der Waals surface area (Å²) in [6.45, 7) is 6.86. The van der Waals surface area contributed by atoms with Crippen LogP contribution in [0.5, 0.6) is 0 Å². The van der Waals surface area contributed by atoms with Crippen LogP contribution in [0, 0.1) is 5.92 Å². The van der Waals surface area contributed by atoms with Crippen molar-refractivity contribution in [3.63, 3.8) is 0 Å². The van der Waals surface area contributed by atoms with E-state index >= 15 is 0 Å². The molecular weight excluding hydrogens is 150 g/mol. The molecule has 0 amide bonds. The first kappa shape index (κ1) is 9.72. The molecule has 12 heavy (non-hydrogen) atoms. The third kappa shape index (κ3) is 3.35. The Kier molecular flexibility index (Phi) is 3.73. The van der Waals surface area contributed by atoms with Gasteiger partial charge in [0.05, 0.1) is 6.54 Å². The van der Waals surface area contributed by atoms with Crippen molar-refractivity contribution in [3.05, 3.63) is 0 Å². The maximum absolute atomic E-state index is 10.9. The van der Waals surface area contributed by atoms with Crippen molar-refractivity contribution in [3.8, 4) is 0 Å². The van der Waals surface area contributed by atoms with E-state index in [9.17, 15) is 4.79 Å². The molecule has 1 heterocycles. The SMILES string of the molecule is CC(=O)CN1CCCC(C)CC1. The lowest BCUT2D eigenvalue weighted by molar-refractivity contribution is -0.118. The van der Waals surface area contributed by atoms with E-state index in [2.05, 4.69) is 11.8 Å². The van der Waals surface area contributed by atoms with Crippen LogP contribution >= 0.6 is 0 Å². The quantitative estimate of drug-likeness (QED) is 0.627. The summed E-state index contributed by atoms with van der Waals surface area (Å²) < 4.78 is 0. The van der Waals surface area contributed by atoms with Crippen molar-refractivity contribution in [1.82, 2.24) is 4.90 Å². The van der Waals surface area contributed by atoms with Gasteiger partial charge in [-0.05, 0) is 45.2 Å². The van der Waals surface area contributed by atoms with Gasteiger partial charge in [0.15, 0.2) is 0 Å². The van der Waals surface area contributed by atoms with Gasteiger partial charge in [0.1, 0.15) is 5.78 Å². The second-order valence-corrected chi connectivity index (χ2v) is 4.01. The molecular formula is C10H19NO. The lowest BCUT2D eigenvalue weighted by atomic mass is 10.0. The Balaban J connectivity index is 2.30. The van der Waals surface area contributed by atoms with Gasteiger partial charge in [-0.2, -0.15) is 0 Å². The van der Waals surface area contributed by atoms with Crippen molar-refractivity contribution in [1.29, 1.82) is 0 Å². The summed E-state index contributed by atoms with van der Waals surface area (Å²) in [7, 11) is 0. The maximum Gasteiger partial charge on any atom is 0.143 e. The van der Waals surface area contributed by atoms with E-state index in [1.54, 1.807) is 6.92 Å². The van der Waals surface area contributed by atoms with Crippen molar-refractivity contribution >= 4 is 5.78 Å². The van der Waals surface area contributed by atoms with E-state index in [0.29, 0.717) is 12.3 Å². The molecule has 0 N–H and O–H groups in total. The molecule has 1 aliphatic rings. The summed E-state index contributed by atoms with van der Waals surface area (Å²) in [6, 6.07) is 0. The Morgan fingerprint density at radius 2 is 2.17 bits per heavy atom. The van der Waals surface area contributed by atoms with Gasteiger partial charge in [-0.15, -0.1) is 0 Å². The van der Waals surface area contributed by atoms with Crippen molar-refractivity contribution in [2.75, 3.05) is 19.6 Å². The molecule has 1 atom stereocenters. The largest absolute Gasteiger partial charge is 0.299 e. The number of hydrogen-bond acceptors (Lipinski definition) is 2. The fraction of sp³-hybridized carbons (Fsp3) is 0.900. The molecule has 0 spiro atoms. The summed E-state index contributed by atoms with van der Waals surface area (Å²) >= 11 is 0. The van der Waals surface area contributed by atoms with E-state index in [1.807, 2.05) is 0 Å². The summed E-state index contributed by atoms with van der Waals surface area (Å²) in [5.74, 6) is 1.14. The van der Waals surface area contributed by atoms with Crippen LogP contribution in [-0.2, 0) is 4.79 Å². The zero-order valence-electron chi connectivity index (χ0n) is 8.18. The Labute approximate surface area is 74.9 Å². The number of hydrogen-bond donors (Lipinski definition) is 0. The molecule has 2 heteroatoms. The molecule has 1 rings (SSSR count). The molecule has 0 aromatic carbocycles. The van der Waals surface area contributed by atoms with Gasteiger partial charge >= 0.3 is 0 Å². The molecule has 1 aliphatic heterocycles. The highest BCUT2D eigenvalue weighted by molar-refractivity contribution is 5.77. The summed E-state index contributed by atoms with van der Waals surface area (Å²) in [6.07, 6.45) is 3.84. The lowest BCUT2D eigenvalue weighted by Gasteiger charge is -2.17. The Bertz CT molecular complexity index is 156. The molecule has 0 bridgehead atoms. The fourth-order valence-electron chi connectivity index (χ4n) is 1.80. The van der Waals surface area contributed by atoms with Gasteiger partial charge in [-0.3, -0.25) is 9.69 Å². The normalized spacial score (nSPS) is 26.7. The minimum absolute atomic E-state index is 0.296. The van der Waals surface area contributed by atoms with Crippen LogP contribution in [-0.4, -0.2) is 30.3 Å². The summed E-state index contributed by atoms with van der Waals surface area (Å²) in [4.78, 5) is 13.1. The van der Waals surface area contributed by atoms with Crippen molar-refractivity contribution < 1.29 is 4.79 Å². The molecule has 70 valence electrons. The van der Waals surface area contributed by atoms with Gasteiger partial charge in [0.25, 0.3) is 0 Å². The second-order valence-electron chi connectivity index (χ2n) is 4.01. The van der Waals surface area contributed by atoms with Gasteiger partial charge in [-0.25, -0.2) is 0 Å². The monoisotopic (exact) mass is 169 g/mol. The Morgan fingerprint density at radius 3 is 2.83 bits per heavy atom. The van der Waals surface area contributed by atoms with Crippen LogP contribution in [0.4, 0.5) is 0 Å². The molecule has 2 nitrogen and oxygen atoms in total. The third-order valence-electron chi connectivity index (χ3n) is 2.56. The first-order valence-corrected chi connectivity index (χ1v) is 4.90. The standard InChI is InChI=1S/C10H19NO/c1-9-4-3-6-11(7-5-9)8-10(2)12/h9H,3-8H2,1-2H3. The number of ketones is 1. The predicted octanol–water partition coefficient (Wildman–Crippen LogP) is 1.70. The van der Waals surface area contributed by atoms with Gasteiger partial charge in [0.2, 0.25) is 0 Å². The Morgan fingerprint density at radius 1 is 1.42 bits per heavy atom. The summed E-state index contributed by atoms with van der Waals surface area (Å²) in [5.41, 5.74) is 0. The molecule has 1 saturated heterocycles. The van der Waals surface area contributed by atoms with Crippen LogP contribution in [0.3, 0.4) is 0 Å². The Hall–Kier alpha value is -0.370. The number of carbonyl (C=O) groups is 1. The van der Waals surface area contributed by atoms with E-state index in [1.165, 1.54) is 19.3 Å². The number of nitrogens with zero attached hydrogens (tertiary/aromatic N) is 1. The number of rotatable bonds is 2. The van der Waals surface area contributed by atoms with Crippen molar-refractivity contribution in [2.24, 2.45) is 5.92 Å². The topological polar surface area (TPSA) is 20.3 Å². The van der Waals surface area contributed by atoms with Gasteiger partial charge in [0, 0.05) is 0 Å². The number of likely N-dealkylation sites (tertiary alicyclic amines) is 1. The molecule has 1 fully saturated rings. The van der Waals surface area contributed by atoms with E-state index in [-0.39, 0.29) is 0 Å². The highest BCUT2D eigenvalue weighted by Crippen LogP contribution is 2.15. The average Bonchev–Trinajstić information content (AvgIpc) is 2.15. The first-order chi connectivity index (χ1) is 5.68. The molecule has 0 radical (unpaired) electrons. The second kappa shape index (κ2) is 4.61. The zero-order valence-corrected chi connectivity index (χ0v) is 8.18. The number of Topliss-reactive ketones (excluding diaryl/α,β-unsaturated/α-hetero) is 1. The van der Waals surface area contributed by atoms with Crippen LogP contribution < -0.4 is 0 Å². The van der Waals surface area contributed by atoms with Crippen LogP contribution in [0.15, 0.2) is 0 Å². The van der Waals surface area contributed by atoms with Crippen LogP contribution in [0.25, 0.3) is 0 Å². The van der Waals surface area contributed by atoms with Gasteiger partial charge in [-0.1, -0.05) is 6.92 Å². The maximum atomic E-state index is 10.9. The summed E-state index contributed by atoms with van der Waals surface area (Å²) in [5, 5.41) is 0. The van der Waals surface area contributed by atoms with E-state index in [0.717, 1.165) is 19.0 Å². The fourth-order valence-corrected chi connectivity index (χ4v) is 1.80. The minimum atomic E-state index is 0.296. The molecule has 0 aromatic heterocycles. The highest BCUT2D eigenvalue weighted by atomic mass is 16.1. The van der Waals surface area contributed by atoms with Crippen molar-refractivity contribution in [2.45, 2.75) is 33.1 Å². The highest BCUT2D eigenvalue weighted by Gasteiger charge is 2.14. The predicted molar refractivity (Wildman–Crippen MR) is 50.1 cm³/mol. The average molecular weight is 169 g/mol. The van der Waals surface area contributed by atoms with Gasteiger partial charge < -0.3 is 0 Å². The van der Waals surface area contributed by atoms with E-state index in [4.69, 9.17) is 0 Å². The van der Waals surface area contributed by atoms with E-state index < -0.39 is 0 Å². The third-order valence-corrected chi connectivity index (χ3v) is 2.56. The smallest absolute Gasteiger partial charge is 0.143 e. The number of carbonyl (C=O) groups excluding carboxylic acids is 1. The molecule has 0 aliphatic carbocycles. The molecule has 0 saturated carbocycles. The zero-order chi connectivity index (χ0) is 8.97. The van der Waals surface area contributed by atoms with Crippen LogP contribution in [0.1, 0.15) is 33.1 Å². The molecule has 0 aromatic rings. The minimum Gasteiger partial charge on any atom is -0.299 e. The lowest BCUT2D eigenvalue weighted by Crippen LogP contribution is -2.29. The van der Waals surface area contributed by atoms with Crippen LogP contribution in [0.2, 0.25) is 0 Å². The first-order valence-electron chi connectivity index (χ1n) is 4.90. The molecule has 1 unspecified atom stereocenters.